The second kappa shape index (κ2) is 14.5. The van der Waals surface area contributed by atoms with Crippen LogP contribution in [0.2, 0.25) is 0 Å². The highest BCUT2D eigenvalue weighted by Crippen LogP contribution is 1.88. The lowest BCUT2D eigenvalue weighted by Gasteiger charge is -1.92. The molecule has 0 aromatic heterocycles. The zero-order chi connectivity index (χ0) is 14.3. The lowest BCUT2D eigenvalue weighted by atomic mass is 10.4. The van der Waals surface area contributed by atoms with E-state index in [4.69, 9.17) is 10.8 Å². The van der Waals surface area contributed by atoms with Crippen molar-refractivity contribution in [3.8, 4) is 0 Å². The van der Waals surface area contributed by atoms with E-state index in [2.05, 4.69) is 41.5 Å². The third-order valence-corrected chi connectivity index (χ3v) is 1.53. The molecular formula is C10H22N10. The average Bonchev–Trinajstić information content (AvgIpc) is 2.41. The molecule has 4 N–H and O–H groups in total. The molecule has 0 amide bonds. The van der Waals surface area contributed by atoms with Gasteiger partial charge in [0.05, 0.1) is 25.8 Å². The van der Waals surface area contributed by atoms with Crippen LogP contribution >= 0.6 is 0 Å². The normalized spacial score (nSPS) is 12.3. The fraction of sp³-hybridized carbons (Fsp3) is 0.600. The van der Waals surface area contributed by atoms with E-state index in [-0.39, 0.29) is 7.43 Å². The minimum atomic E-state index is 0. The van der Waals surface area contributed by atoms with E-state index in [1.165, 1.54) is 0 Å². The lowest BCUT2D eigenvalue weighted by molar-refractivity contribution is 0.790. The largest absolute Gasteiger partial charge is 0.290 e. The van der Waals surface area contributed by atoms with Crippen LogP contribution in [-0.2, 0) is 0 Å². The van der Waals surface area contributed by atoms with E-state index in [1.807, 2.05) is 0 Å². The third kappa shape index (κ3) is 13.5. The van der Waals surface area contributed by atoms with Crippen molar-refractivity contribution in [2.24, 2.45) is 30.7 Å². The first-order valence-electron chi connectivity index (χ1n) is 5.53. The molecule has 10 nitrogen and oxygen atoms in total. The van der Waals surface area contributed by atoms with Gasteiger partial charge in [-0.1, -0.05) is 7.43 Å². The first kappa shape index (κ1) is 19.8. The Kier molecular flexibility index (Phi) is 14.4. The summed E-state index contributed by atoms with van der Waals surface area (Å²) in [7, 11) is 0. The van der Waals surface area contributed by atoms with Crippen LogP contribution in [0.25, 0.3) is 0 Å². The van der Waals surface area contributed by atoms with Crippen molar-refractivity contribution in [1.82, 2.24) is 10.9 Å². The highest BCUT2D eigenvalue weighted by atomic mass is 15.3. The Morgan fingerprint density at radius 2 is 1.30 bits per heavy atom. The maximum Gasteiger partial charge on any atom is 0.167 e. The molecule has 0 saturated heterocycles. The Balaban J connectivity index is 0. The van der Waals surface area contributed by atoms with Gasteiger partial charge in [0.2, 0.25) is 0 Å². The van der Waals surface area contributed by atoms with Crippen molar-refractivity contribution < 1.29 is 0 Å². The number of hydrogen-bond acceptors (Lipinski definition) is 6. The minimum Gasteiger partial charge on any atom is -0.290 e. The van der Waals surface area contributed by atoms with Gasteiger partial charge in [-0.2, -0.15) is 20.4 Å². The van der Waals surface area contributed by atoms with E-state index in [9.17, 15) is 0 Å². The third-order valence-electron chi connectivity index (χ3n) is 1.53. The number of azo groups is 2. The summed E-state index contributed by atoms with van der Waals surface area (Å²) in [6, 6.07) is 0. The quantitative estimate of drug-likeness (QED) is 0.177. The molecule has 0 aliphatic rings. The lowest BCUT2D eigenvalue weighted by Crippen LogP contribution is -2.03. The standard InChI is InChI=1S/C9H18N10.CH4/c1-8(18-14-6-10)16-12-4-3-5-13-17-9(2)19-15-7-11;/h6-7H,3-5H2,1-2H3,(H2,10,14)(H2,11,15);1H4/b16-12?,17-13?,18-8-,19-9-;. The van der Waals surface area contributed by atoms with Gasteiger partial charge in [0.1, 0.15) is 0 Å². The molecule has 0 rings (SSSR count). The Labute approximate surface area is 118 Å². The number of nitrogens with zero attached hydrogens (tertiary/aromatic N) is 6. The second-order valence-corrected chi connectivity index (χ2v) is 3.15. The average molecular weight is 282 g/mol. The van der Waals surface area contributed by atoms with Crippen LogP contribution < -0.4 is 10.9 Å². The molecule has 0 aromatic rings. The van der Waals surface area contributed by atoms with Crippen LogP contribution in [0.4, 0.5) is 0 Å². The van der Waals surface area contributed by atoms with Gasteiger partial charge in [0, 0.05) is 0 Å². The molecule has 10 heteroatoms. The Morgan fingerprint density at radius 3 is 1.65 bits per heavy atom. The molecule has 0 bridgehead atoms. The van der Waals surface area contributed by atoms with E-state index in [0.717, 1.165) is 12.7 Å². The van der Waals surface area contributed by atoms with E-state index in [1.54, 1.807) is 13.8 Å². The number of nitrogens with one attached hydrogen (secondary N) is 4. The molecular weight excluding hydrogens is 260 g/mol. The van der Waals surface area contributed by atoms with Crippen LogP contribution in [0, 0.1) is 10.8 Å². The molecule has 0 saturated carbocycles. The summed E-state index contributed by atoms with van der Waals surface area (Å²) >= 11 is 0. The summed E-state index contributed by atoms with van der Waals surface area (Å²) in [5, 5.41) is 36.2. The molecule has 0 spiro atoms. The van der Waals surface area contributed by atoms with Gasteiger partial charge in [0.15, 0.2) is 11.7 Å². The molecule has 0 aliphatic carbocycles. The van der Waals surface area contributed by atoms with Gasteiger partial charge in [0.25, 0.3) is 0 Å². The first-order chi connectivity index (χ1) is 9.20. The van der Waals surface area contributed by atoms with Crippen molar-refractivity contribution >= 4 is 24.3 Å². The SMILES string of the molecule is C.C/C(N=NCCCN=N/C(C)=N\NC=N)=N/NC=N. The van der Waals surface area contributed by atoms with Gasteiger partial charge in [-0.05, 0) is 20.3 Å². The predicted molar refractivity (Wildman–Crippen MR) is 80.9 cm³/mol. The summed E-state index contributed by atoms with van der Waals surface area (Å²) in [4.78, 5) is 0. The van der Waals surface area contributed by atoms with Crippen LogP contribution in [0.15, 0.2) is 30.7 Å². The van der Waals surface area contributed by atoms with Gasteiger partial charge in [-0.3, -0.25) is 21.7 Å². The van der Waals surface area contributed by atoms with Crippen LogP contribution in [0.3, 0.4) is 0 Å². The van der Waals surface area contributed by atoms with Crippen LogP contribution in [-0.4, -0.2) is 37.4 Å². The van der Waals surface area contributed by atoms with Crippen molar-refractivity contribution in [2.75, 3.05) is 13.1 Å². The van der Waals surface area contributed by atoms with Gasteiger partial charge < -0.3 is 0 Å². The predicted octanol–water partition coefficient (Wildman–Crippen LogP) is 1.98. The maximum absolute atomic E-state index is 6.70. The fourth-order valence-electron chi connectivity index (χ4n) is 0.813. The fourth-order valence-corrected chi connectivity index (χ4v) is 0.813. The summed E-state index contributed by atoms with van der Waals surface area (Å²) in [5.41, 5.74) is 4.69. The van der Waals surface area contributed by atoms with Crippen molar-refractivity contribution in [1.29, 1.82) is 10.8 Å². The van der Waals surface area contributed by atoms with Crippen molar-refractivity contribution in [2.45, 2.75) is 27.7 Å². The number of hydrazone groups is 2. The first-order valence-corrected chi connectivity index (χ1v) is 5.53. The zero-order valence-corrected chi connectivity index (χ0v) is 11.0. The Morgan fingerprint density at radius 1 is 0.900 bits per heavy atom. The molecule has 0 atom stereocenters. The number of hydrogen-bond donors (Lipinski definition) is 4. The number of amidine groups is 2. The molecule has 0 heterocycles. The molecule has 0 aromatic carbocycles. The van der Waals surface area contributed by atoms with Crippen LogP contribution in [0.1, 0.15) is 27.7 Å². The summed E-state index contributed by atoms with van der Waals surface area (Å²) < 4.78 is 0. The summed E-state index contributed by atoms with van der Waals surface area (Å²) in [6.45, 7) is 4.39. The van der Waals surface area contributed by atoms with Crippen molar-refractivity contribution in [3.05, 3.63) is 0 Å². The van der Waals surface area contributed by atoms with E-state index in [0.29, 0.717) is 31.2 Å². The zero-order valence-electron chi connectivity index (χ0n) is 11.0. The molecule has 112 valence electrons. The molecule has 0 aliphatic heterocycles. The molecule has 0 radical (unpaired) electrons. The Hall–Kier alpha value is -2.52. The highest BCUT2D eigenvalue weighted by molar-refractivity contribution is 5.80. The van der Waals surface area contributed by atoms with Gasteiger partial charge in [-0.25, -0.2) is 0 Å². The van der Waals surface area contributed by atoms with Gasteiger partial charge >= 0.3 is 0 Å². The molecule has 20 heavy (non-hydrogen) atoms. The molecule has 0 fully saturated rings. The monoisotopic (exact) mass is 282 g/mol. The summed E-state index contributed by atoms with van der Waals surface area (Å²) in [6.07, 6.45) is 2.62. The summed E-state index contributed by atoms with van der Waals surface area (Å²) in [5.74, 6) is 0.900. The van der Waals surface area contributed by atoms with Gasteiger partial charge in [-0.15, -0.1) is 10.2 Å². The maximum atomic E-state index is 6.70. The molecule has 0 unspecified atom stereocenters. The Bertz CT molecular complexity index is 345. The number of rotatable bonds is 8. The van der Waals surface area contributed by atoms with E-state index >= 15 is 0 Å². The van der Waals surface area contributed by atoms with Crippen molar-refractivity contribution in [3.63, 3.8) is 0 Å². The van der Waals surface area contributed by atoms with E-state index < -0.39 is 0 Å². The second-order valence-electron chi connectivity index (χ2n) is 3.15. The highest BCUT2D eigenvalue weighted by Gasteiger charge is 1.87. The van der Waals surface area contributed by atoms with Crippen LogP contribution in [0.5, 0.6) is 0 Å². The smallest absolute Gasteiger partial charge is 0.167 e. The minimum absolute atomic E-state index is 0. The topological polar surface area (TPSA) is 146 Å².